The minimum Gasteiger partial charge on any atom is -0.393 e. The van der Waals surface area contributed by atoms with Crippen LogP contribution in [0.15, 0.2) is 18.7 Å². The molecular formula is C11H19N3O. The average Bonchev–Trinajstić information content (AvgIpc) is 2.67. The lowest BCUT2D eigenvalue weighted by atomic mass is 9.82. The summed E-state index contributed by atoms with van der Waals surface area (Å²) in [5.74, 6) is 0.702. The minimum absolute atomic E-state index is 0.0252. The van der Waals surface area contributed by atoms with Crippen molar-refractivity contribution in [3.05, 3.63) is 18.7 Å². The number of nitrogens with zero attached hydrogens (tertiary/aromatic N) is 2. The van der Waals surface area contributed by atoms with Gasteiger partial charge in [0.15, 0.2) is 0 Å². The zero-order valence-electron chi connectivity index (χ0n) is 8.97. The molecular weight excluding hydrogens is 190 g/mol. The van der Waals surface area contributed by atoms with Gasteiger partial charge in [-0.3, -0.25) is 0 Å². The van der Waals surface area contributed by atoms with Crippen LogP contribution in [0.25, 0.3) is 0 Å². The minimum atomic E-state index is -0.0252. The van der Waals surface area contributed by atoms with Crippen molar-refractivity contribution in [3.8, 4) is 0 Å². The predicted octanol–water partition coefficient (Wildman–Crippen LogP) is 0.634. The number of nitrogens with one attached hydrogen (secondary N) is 1. The van der Waals surface area contributed by atoms with Crippen molar-refractivity contribution in [2.75, 3.05) is 13.1 Å². The van der Waals surface area contributed by atoms with Gasteiger partial charge in [-0.2, -0.15) is 0 Å². The van der Waals surface area contributed by atoms with E-state index in [4.69, 9.17) is 5.11 Å². The SMILES string of the molecule is OC1CC(CNCCCn2ccnc2)C1. The Morgan fingerprint density at radius 1 is 1.47 bits per heavy atom. The molecule has 4 heteroatoms. The van der Waals surface area contributed by atoms with Crippen LogP contribution in [-0.4, -0.2) is 33.9 Å². The summed E-state index contributed by atoms with van der Waals surface area (Å²) in [5, 5.41) is 12.5. The first-order valence-electron chi connectivity index (χ1n) is 5.69. The Kier molecular flexibility index (Phi) is 3.75. The number of aliphatic hydroxyl groups excluding tert-OH is 1. The van der Waals surface area contributed by atoms with E-state index in [9.17, 15) is 0 Å². The van der Waals surface area contributed by atoms with E-state index in [2.05, 4.69) is 14.9 Å². The topological polar surface area (TPSA) is 50.1 Å². The van der Waals surface area contributed by atoms with Crippen molar-refractivity contribution in [2.24, 2.45) is 5.92 Å². The Labute approximate surface area is 90.3 Å². The summed E-state index contributed by atoms with van der Waals surface area (Å²) in [6.07, 6.45) is 8.71. The summed E-state index contributed by atoms with van der Waals surface area (Å²) in [6.45, 7) is 3.13. The maximum absolute atomic E-state index is 9.11. The van der Waals surface area contributed by atoms with Gasteiger partial charge < -0.3 is 15.0 Å². The molecule has 1 aliphatic rings. The van der Waals surface area contributed by atoms with Gasteiger partial charge >= 0.3 is 0 Å². The summed E-state index contributed by atoms with van der Waals surface area (Å²) in [6, 6.07) is 0. The van der Waals surface area contributed by atoms with Crippen LogP contribution in [0.4, 0.5) is 0 Å². The molecule has 0 aromatic carbocycles. The number of hydrogen-bond acceptors (Lipinski definition) is 3. The second-order valence-corrected chi connectivity index (χ2v) is 4.35. The van der Waals surface area contributed by atoms with E-state index < -0.39 is 0 Å². The normalized spacial score (nSPS) is 25.1. The first kappa shape index (κ1) is 10.6. The molecule has 0 saturated heterocycles. The first-order chi connectivity index (χ1) is 7.34. The van der Waals surface area contributed by atoms with Gasteiger partial charge in [-0.1, -0.05) is 0 Å². The van der Waals surface area contributed by atoms with E-state index in [1.54, 1.807) is 0 Å². The molecule has 0 atom stereocenters. The predicted molar refractivity (Wildman–Crippen MR) is 58.4 cm³/mol. The van der Waals surface area contributed by atoms with Crippen LogP contribution in [0.2, 0.25) is 0 Å². The van der Waals surface area contributed by atoms with Crippen molar-refractivity contribution < 1.29 is 5.11 Å². The molecule has 84 valence electrons. The maximum atomic E-state index is 9.11. The number of aromatic nitrogens is 2. The van der Waals surface area contributed by atoms with Gasteiger partial charge in [0.1, 0.15) is 0 Å². The molecule has 2 N–H and O–H groups in total. The van der Waals surface area contributed by atoms with Crippen LogP contribution in [0.5, 0.6) is 0 Å². The van der Waals surface area contributed by atoms with Gasteiger partial charge in [0.25, 0.3) is 0 Å². The van der Waals surface area contributed by atoms with Crippen LogP contribution in [-0.2, 0) is 6.54 Å². The molecule has 1 aromatic heterocycles. The largest absolute Gasteiger partial charge is 0.393 e. The summed E-state index contributed by atoms with van der Waals surface area (Å²) in [4.78, 5) is 3.99. The molecule has 1 saturated carbocycles. The van der Waals surface area contributed by atoms with E-state index in [1.165, 1.54) is 0 Å². The van der Waals surface area contributed by atoms with Crippen molar-refractivity contribution >= 4 is 0 Å². The monoisotopic (exact) mass is 209 g/mol. The zero-order valence-corrected chi connectivity index (χ0v) is 8.97. The fourth-order valence-corrected chi connectivity index (χ4v) is 1.98. The second kappa shape index (κ2) is 5.28. The highest BCUT2D eigenvalue weighted by atomic mass is 16.3. The molecule has 1 heterocycles. The lowest BCUT2D eigenvalue weighted by Crippen LogP contribution is -2.36. The van der Waals surface area contributed by atoms with Crippen LogP contribution >= 0.6 is 0 Å². The lowest BCUT2D eigenvalue weighted by molar-refractivity contribution is 0.0431. The van der Waals surface area contributed by atoms with Gasteiger partial charge in [-0.15, -0.1) is 0 Å². The molecule has 0 amide bonds. The average molecular weight is 209 g/mol. The molecule has 2 rings (SSSR count). The lowest BCUT2D eigenvalue weighted by Gasteiger charge is -2.31. The van der Waals surface area contributed by atoms with Gasteiger partial charge in [0, 0.05) is 18.9 Å². The smallest absolute Gasteiger partial charge is 0.0945 e. The molecule has 1 aromatic rings. The number of imidazole rings is 1. The highest BCUT2D eigenvalue weighted by Gasteiger charge is 2.26. The van der Waals surface area contributed by atoms with Crippen LogP contribution in [0.1, 0.15) is 19.3 Å². The third kappa shape index (κ3) is 3.32. The van der Waals surface area contributed by atoms with E-state index in [0.29, 0.717) is 5.92 Å². The standard InChI is InChI=1S/C11H19N3O/c15-11-6-10(7-11)8-12-2-1-4-14-5-3-13-9-14/h3,5,9-12,15H,1-2,4,6-8H2. The molecule has 4 nitrogen and oxygen atoms in total. The van der Waals surface area contributed by atoms with E-state index in [1.807, 2.05) is 18.7 Å². The third-order valence-electron chi connectivity index (χ3n) is 2.97. The summed E-state index contributed by atoms with van der Waals surface area (Å²) in [7, 11) is 0. The Bertz CT molecular complexity index is 267. The number of aryl methyl sites for hydroxylation is 1. The van der Waals surface area contributed by atoms with Crippen molar-refractivity contribution in [2.45, 2.75) is 31.9 Å². The van der Waals surface area contributed by atoms with E-state index >= 15 is 0 Å². The molecule has 15 heavy (non-hydrogen) atoms. The van der Waals surface area contributed by atoms with Crippen molar-refractivity contribution in [1.82, 2.24) is 14.9 Å². The number of rotatable bonds is 6. The van der Waals surface area contributed by atoms with Gasteiger partial charge in [0.2, 0.25) is 0 Å². The van der Waals surface area contributed by atoms with Gasteiger partial charge in [-0.25, -0.2) is 4.98 Å². The maximum Gasteiger partial charge on any atom is 0.0945 e. The molecule has 0 radical (unpaired) electrons. The molecule has 1 fully saturated rings. The quantitative estimate of drug-likeness (QED) is 0.676. The Hall–Kier alpha value is -0.870. The summed E-state index contributed by atoms with van der Waals surface area (Å²) in [5.41, 5.74) is 0. The number of hydrogen-bond donors (Lipinski definition) is 2. The highest BCUT2D eigenvalue weighted by Crippen LogP contribution is 2.25. The first-order valence-corrected chi connectivity index (χ1v) is 5.69. The van der Waals surface area contributed by atoms with Gasteiger partial charge in [0.05, 0.1) is 12.4 Å². The Balaban J connectivity index is 1.46. The van der Waals surface area contributed by atoms with Gasteiger partial charge in [-0.05, 0) is 38.3 Å². The third-order valence-corrected chi connectivity index (χ3v) is 2.97. The Morgan fingerprint density at radius 2 is 2.33 bits per heavy atom. The van der Waals surface area contributed by atoms with Crippen molar-refractivity contribution in [1.29, 1.82) is 0 Å². The highest BCUT2D eigenvalue weighted by molar-refractivity contribution is 4.80. The summed E-state index contributed by atoms with van der Waals surface area (Å²) >= 11 is 0. The molecule has 0 unspecified atom stereocenters. The number of aliphatic hydroxyl groups is 1. The molecule has 1 aliphatic carbocycles. The van der Waals surface area contributed by atoms with E-state index in [-0.39, 0.29) is 6.10 Å². The molecule has 0 aliphatic heterocycles. The molecule has 0 bridgehead atoms. The fourth-order valence-electron chi connectivity index (χ4n) is 1.98. The van der Waals surface area contributed by atoms with E-state index in [0.717, 1.165) is 38.9 Å². The zero-order chi connectivity index (χ0) is 10.5. The second-order valence-electron chi connectivity index (χ2n) is 4.35. The van der Waals surface area contributed by atoms with Crippen LogP contribution < -0.4 is 5.32 Å². The van der Waals surface area contributed by atoms with Crippen LogP contribution in [0, 0.1) is 5.92 Å². The Morgan fingerprint density at radius 3 is 3.00 bits per heavy atom. The van der Waals surface area contributed by atoms with Crippen LogP contribution in [0.3, 0.4) is 0 Å². The molecule has 0 spiro atoms. The summed E-state index contributed by atoms with van der Waals surface area (Å²) < 4.78 is 2.09. The van der Waals surface area contributed by atoms with Crippen molar-refractivity contribution in [3.63, 3.8) is 0 Å². The fraction of sp³-hybridized carbons (Fsp3) is 0.727.